The summed E-state index contributed by atoms with van der Waals surface area (Å²) in [5, 5.41) is 0. The van der Waals surface area contributed by atoms with Gasteiger partial charge in [-0.1, -0.05) is 12.1 Å². The van der Waals surface area contributed by atoms with Crippen molar-refractivity contribution in [1.82, 2.24) is 4.90 Å². The van der Waals surface area contributed by atoms with Crippen LogP contribution in [-0.4, -0.2) is 25.5 Å². The lowest BCUT2D eigenvalue weighted by Crippen LogP contribution is -2.13. The van der Waals surface area contributed by atoms with E-state index in [-0.39, 0.29) is 12.4 Å². The van der Waals surface area contributed by atoms with Gasteiger partial charge in [0.05, 0.1) is 0 Å². The predicted octanol–water partition coefficient (Wildman–Crippen LogP) is 2.18. The minimum atomic E-state index is 0. The van der Waals surface area contributed by atoms with Crippen molar-refractivity contribution in [3.63, 3.8) is 0 Å². The summed E-state index contributed by atoms with van der Waals surface area (Å²) in [6, 6.07) is 8.13. The summed E-state index contributed by atoms with van der Waals surface area (Å²) < 4.78 is 0. The molecule has 1 rings (SSSR count). The first kappa shape index (κ1) is 13.3. The van der Waals surface area contributed by atoms with Crippen LogP contribution in [0.4, 0.5) is 5.69 Å². The summed E-state index contributed by atoms with van der Waals surface area (Å²) in [5.74, 6) is 0. The Kier molecular flexibility index (Phi) is 6.34. The van der Waals surface area contributed by atoms with Gasteiger partial charge < -0.3 is 10.6 Å². The molecule has 0 aliphatic heterocycles. The summed E-state index contributed by atoms with van der Waals surface area (Å²) in [5.41, 5.74) is 7.81. The van der Waals surface area contributed by atoms with Crippen molar-refractivity contribution in [3.05, 3.63) is 29.8 Å². The molecule has 0 aromatic heterocycles. The fourth-order valence-corrected chi connectivity index (χ4v) is 1.28. The monoisotopic (exact) mass is 214 g/mol. The molecular weight excluding hydrogens is 196 g/mol. The standard InChI is InChI=1S/C11H18N2.ClH/c1-13(2)9-3-4-10-5-7-11(12)8-6-10;/h5-8H,3-4,9,12H2,1-2H3;1H. The van der Waals surface area contributed by atoms with Gasteiger partial charge in [0.1, 0.15) is 0 Å². The van der Waals surface area contributed by atoms with Gasteiger partial charge in [-0.3, -0.25) is 0 Å². The van der Waals surface area contributed by atoms with Gasteiger partial charge in [0, 0.05) is 5.69 Å². The van der Waals surface area contributed by atoms with Crippen LogP contribution in [0.25, 0.3) is 0 Å². The van der Waals surface area contributed by atoms with E-state index in [0.717, 1.165) is 18.7 Å². The number of nitrogens with two attached hydrogens (primary N) is 1. The van der Waals surface area contributed by atoms with Crippen molar-refractivity contribution < 1.29 is 0 Å². The Morgan fingerprint density at radius 3 is 2.21 bits per heavy atom. The average molecular weight is 215 g/mol. The van der Waals surface area contributed by atoms with E-state index in [4.69, 9.17) is 5.73 Å². The van der Waals surface area contributed by atoms with Crippen LogP contribution >= 0.6 is 12.4 Å². The highest BCUT2D eigenvalue weighted by molar-refractivity contribution is 5.85. The van der Waals surface area contributed by atoms with Gasteiger partial charge in [-0.05, 0) is 51.2 Å². The van der Waals surface area contributed by atoms with Gasteiger partial charge in [0.15, 0.2) is 0 Å². The van der Waals surface area contributed by atoms with Crippen LogP contribution in [0, 0.1) is 0 Å². The van der Waals surface area contributed by atoms with Crippen LogP contribution in [-0.2, 0) is 6.42 Å². The molecule has 0 fully saturated rings. The highest BCUT2D eigenvalue weighted by atomic mass is 35.5. The Hall–Kier alpha value is -0.730. The van der Waals surface area contributed by atoms with Gasteiger partial charge in [-0.25, -0.2) is 0 Å². The van der Waals surface area contributed by atoms with Crippen LogP contribution < -0.4 is 5.73 Å². The van der Waals surface area contributed by atoms with Crippen LogP contribution in [0.1, 0.15) is 12.0 Å². The first-order valence-electron chi connectivity index (χ1n) is 4.67. The van der Waals surface area contributed by atoms with Crippen LogP contribution in [0.5, 0.6) is 0 Å². The van der Waals surface area contributed by atoms with E-state index < -0.39 is 0 Å². The molecule has 0 atom stereocenters. The van der Waals surface area contributed by atoms with Gasteiger partial charge >= 0.3 is 0 Å². The van der Waals surface area contributed by atoms with E-state index >= 15 is 0 Å². The molecule has 0 unspecified atom stereocenters. The summed E-state index contributed by atoms with van der Waals surface area (Å²) in [4.78, 5) is 2.21. The number of benzene rings is 1. The molecule has 0 aliphatic rings. The number of rotatable bonds is 4. The highest BCUT2D eigenvalue weighted by Crippen LogP contribution is 2.07. The van der Waals surface area contributed by atoms with Crippen molar-refractivity contribution in [2.45, 2.75) is 12.8 Å². The zero-order valence-corrected chi connectivity index (χ0v) is 9.68. The number of nitrogens with zero attached hydrogens (tertiary/aromatic N) is 1. The van der Waals surface area contributed by atoms with Gasteiger partial charge in [-0.15, -0.1) is 12.4 Å². The second-order valence-electron chi connectivity index (χ2n) is 3.65. The lowest BCUT2D eigenvalue weighted by atomic mass is 10.1. The first-order chi connectivity index (χ1) is 6.18. The lowest BCUT2D eigenvalue weighted by Gasteiger charge is -2.08. The molecule has 2 N–H and O–H groups in total. The fourth-order valence-electron chi connectivity index (χ4n) is 1.28. The number of halogens is 1. The van der Waals surface area contributed by atoms with E-state index in [1.165, 1.54) is 12.0 Å². The summed E-state index contributed by atoms with van der Waals surface area (Å²) >= 11 is 0. The molecule has 0 aliphatic carbocycles. The minimum Gasteiger partial charge on any atom is -0.399 e. The van der Waals surface area contributed by atoms with E-state index in [2.05, 4.69) is 31.1 Å². The quantitative estimate of drug-likeness (QED) is 0.779. The van der Waals surface area contributed by atoms with E-state index in [1.54, 1.807) is 0 Å². The fraction of sp³-hybridized carbons (Fsp3) is 0.455. The normalized spacial score (nSPS) is 9.93. The smallest absolute Gasteiger partial charge is 0.0314 e. The summed E-state index contributed by atoms with van der Waals surface area (Å²) in [6.45, 7) is 1.14. The molecule has 0 saturated carbocycles. The second kappa shape index (κ2) is 6.68. The Morgan fingerprint density at radius 2 is 1.71 bits per heavy atom. The molecule has 1 aromatic rings. The molecule has 0 saturated heterocycles. The number of nitrogen functional groups attached to an aromatic ring is 1. The third-order valence-corrected chi connectivity index (χ3v) is 2.05. The van der Waals surface area contributed by atoms with E-state index in [9.17, 15) is 0 Å². The van der Waals surface area contributed by atoms with Crippen molar-refractivity contribution in [1.29, 1.82) is 0 Å². The Morgan fingerprint density at radius 1 is 1.14 bits per heavy atom. The van der Waals surface area contributed by atoms with Crippen molar-refractivity contribution in [3.8, 4) is 0 Å². The molecule has 0 bridgehead atoms. The zero-order chi connectivity index (χ0) is 9.68. The molecule has 80 valence electrons. The molecule has 0 spiro atoms. The second-order valence-corrected chi connectivity index (χ2v) is 3.65. The third kappa shape index (κ3) is 5.10. The van der Waals surface area contributed by atoms with Crippen molar-refractivity contribution >= 4 is 18.1 Å². The number of hydrogen-bond donors (Lipinski definition) is 1. The van der Waals surface area contributed by atoms with Crippen LogP contribution in [0.3, 0.4) is 0 Å². The topological polar surface area (TPSA) is 29.3 Å². The molecule has 14 heavy (non-hydrogen) atoms. The molecule has 0 amide bonds. The molecule has 0 heterocycles. The molecule has 1 aromatic carbocycles. The van der Waals surface area contributed by atoms with Crippen LogP contribution in [0.2, 0.25) is 0 Å². The molecule has 0 radical (unpaired) electrons. The van der Waals surface area contributed by atoms with E-state index in [0.29, 0.717) is 0 Å². The minimum absolute atomic E-state index is 0. The van der Waals surface area contributed by atoms with Crippen molar-refractivity contribution in [2.75, 3.05) is 26.4 Å². The Balaban J connectivity index is 0.00000169. The van der Waals surface area contributed by atoms with Gasteiger partial charge in [-0.2, -0.15) is 0 Å². The molecular formula is C11H19ClN2. The Bertz CT molecular complexity index is 244. The Labute approximate surface area is 92.5 Å². The van der Waals surface area contributed by atoms with Crippen LogP contribution in [0.15, 0.2) is 24.3 Å². The highest BCUT2D eigenvalue weighted by Gasteiger charge is 1.94. The third-order valence-electron chi connectivity index (χ3n) is 2.05. The van der Waals surface area contributed by atoms with Gasteiger partial charge in [0.2, 0.25) is 0 Å². The maximum absolute atomic E-state index is 5.60. The molecule has 2 nitrogen and oxygen atoms in total. The van der Waals surface area contributed by atoms with E-state index in [1.807, 2.05) is 12.1 Å². The number of anilines is 1. The average Bonchev–Trinajstić information content (AvgIpc) is 2.08. The largest absolute Gasteiger partial charge is 0.399 e. The maximum atomic E-state index is 5.60. The molecule has 3 heteroatoms. The maximum Gasteiger partial charge on any atom is 0.0314 e. The van der Waals surface area contributed by atoms with Crippen molar-refractivity contribution in [2.24, 2.45) is 0 Å². The zero-order valence-electron chi connectivity index (χ0n) is 8.86. The number of aryl methyl sites for hydroxylation is 1. The summed E-state index contributed by atoms with van der Waals surface area (Å²) in [6.07, 6.45) is 2.34. The first-order valence-corrected chi connectivity index (χ1v) is 4.67. The SMILES string of the molecule is CN(C)CCCc1ccc(N)cc1.Cl. The summed E-state index contributed by atoms with van der Waals surface area (Å²) in [7, 11) is 4.20. The predicted molar refractivity (Wildman–Crippen MR) is 65.0 cm³/mol. The lowest BCUT2D eigenvalue weighted by molar-refractivity contribution is 0.400. The van der Waals surface area contributed by atoms with Gasteiger partial charge in [0.25, 0.3) is 0 Å². The number of hydrogen-bond acceptors (Lipinski definition) is 2.